The second kappa shape index (κ2) is 7.16. The molecular weight excluding hydrogens is 382 g/mol. The number of benzene rings is 1. The zero-order valence-corrected chi connectivity index (χ0v) is 16.4. The molecule has 4 rings (SSSR count). The molecule has 0 unspecified atom stereocenters. The number of hydrogen-bond donors (Lipinski definition) is 2. The van der Waals surface area contributed by atoms with Crippen LogP contribution in [0.2, 0.25) is 0 Å². The number of esters is 1. The third kappa shape index (κ3) is 3.18. The summed E-state index contributed by atoms with van der Waals surface area (Å²) in [4.78, 5) is 33.0. The van der Waals surface area contributed by atoms with Crippen molar-refractivity contribution >= 4 is 33.2 Å². The Bertz CT molecular complexity index is 1120. The third-order valence-electron chi connectivity index (χ3n) is 4.45. The van der Waals surface area contributed by atoms with E-state index in [1.807, 2.05) is 25.1 Å². The second-order valence-corrected chi connectivity index (χ2v) is 7.34. The van der Waals surface area contributed by atoms with Gasteiger partial charge in [0.15, 0.2) is 11.5 Å². The lowest BCUT2D eigenvalue weighted by Gasteiger charge is -2.14. The largest absolute Gasteiger partial charge is 0.462 e. The first-order chi connectivity index (χ1) is 13.5. The Morgan fingerprint density at radius 2 is 2.18 bits per heavy atom. The van der Waals surface area contributed by atoms with E-state index in [4.69, 9.17) is 14.2 Å². The normalized spacial score (nSPS) is 13.5. The van der Waals surface area contributed by atoms with Crippen molar-refractivity contribution < 1.29 is 19.0 Å². The number of fused-ring (bicyclic) bond motifs is 2. The van der Waals surface area contributed by atoms with Gasteiger partial charge in [-0.2, -0.15) is 0 Å². The maximum Gasteiger partial charge on any atom is 0.348 e. The molecule has 0 amide bonds. The van der Waals surface area contributed by atoms with Crippen LogP contribution in [-0.2, 0) is 4.74 Å². The molecule has 28 heavy (non-hydrogen) atoms. The lowest BCUT2D eigenvalue weighted by atomic mass is 10.2. The molecule has 8 nitrogen and oxygen atoms in total. The predicted molar refractivity (Wildman–Crippen MR) is 106 cm³/mol. The van der Waals surface area contributed by atoms with E-state index in [-0.39, 0.29) is 25.0 Å². The van der Waals surface area contributed by atoms with Gasteiger partial charge in [0.25, 0.3) is 5.56 Å². The lowest BCUT2D eigenvalue weighted by molar-refractivity contribution is 0.0531. The summed E-state index contributed by atoms with van der Waals surface area (Å²) in [6, 6.07) is 5.26. The van der Waals surface area contributed by atoms with Crippen LogP contribution in [0.4, 0.5) is 5.69 Å². The minimum absolute atomic E-state index is 0.209. The van der Waals surface area contributed by atoms with E-state index >= 15 is 0 Å². The summed E-state index contributed by atoms with van der Waals surface area (Å²) in [6.07, 6.45) is 0. The van der Waals surface area contributed by atoms with Crippen LogP contribution in [0.15, 0.2) is 23.0 Å². The quantitative estimate of drug-likeness (QED) is 0.632. The van der Waals surface area contributed by atoms with E-state index in [2.05, 4.69) is 15.3 Å². The fourth-order valence-corrected chi connectivity index (χ4v) is 4.14. The summed E-state index contributed by atoms with van der Waals surface area (Å²) in [5, 5.41) is 3.71. The molecule has 0 fully saturated rings. The molecular formula is C19H19N3O5S. The van der Waals surface area contributed by atoms with Crippen molar-refractivity contribution in [3.63, 3.8) is 0 Å². The van der Waals surface area contributed by atoms with Gasteiger partial charge in [-0.3, -0.25) is 4.79 Å². The number of anilines is 1. The molecule has 1 aromatic carbocycles. The molecule has 0 radical (unpaired) electrons. The smallest absolute Gasteiger partial charge is 0.348 e. The predicted octanol–water partition coefficient (Wildman–Crippen LogP) is 3.37. The Morgan fingerprint density at radius 3 is 2.96 bits per heavy atom. The van der Waals surface area contributed by atoms with Gasteiger partial charge in [0, 0.05) is 11.8 Å². The molecule has 1 aliphatic heterocycles. The number of H-pyrrole nitrogens is 1. The van der Waals surface area contributed by atoms with E-state index in [1.165, 1.54) is 11.3 Å². The van der Waals surface area contributed by atoms with Crippen molar-refractivity contribution in [3.05, 3.63) is 44.8 Å². The van der Waals surface area contributed by atoms with Crippen LogP contribution in [-0.4, -0.2) is 29.3 Å². The van der Waals surface area contributed by atoms with Crippen molar-refractivity contribution in [1.82, 2.24) is 9.97 Å². The van der Waals surface area contributed by atoms with Crippen LogP contribution in [0.3, 0.4) is 0 Å². The molecule has 3 aromatic rings. The van der Waals surface area contributed by atoms with Gasteiger partial charge in [-0.1, -0.05) is 0 Å². The Morgan fingerprint density at radius 1 is 1.39 bits per heavy atom. The van der Waals surface area contributed by atoms with E-state index < -0.39 is 5.97 Å². The zero-order chi connectivity index (χ0) is 19.8. The van der Waals surface area contributed by atoms with Gasteiger partial charge in [-0.15, -0.1) is 11.3 Å². The number of nitrogens with one attached hydrogen (secondary N) is 2. The number of nitrogens with zero attached hydrogens (tertiary/aromatic N) is 1. The van der Waals surface area contributed by atoms with Crippen molar-refractivity contribution in [2.45, 2.75) is 26.8 Å². The molecule has 9 heteroatoms. The van der Waals surface area contributed by atoms with Crippen LogP contribution in [0.1, 0.15) is 40.9 Å². The highest BCUT2D eigenvalue weighted by molar-refractivity contribution is 7.20. The number of thiophene rings is 1. The van der Waals surface area contributed by atoms with Gasteiger partial charge < -0.3 is 24.5 Å². The van der Waals surface area contributed by atoms with Crippen molar-refractivity contribution in [3.8, 4) is 11.5 Å². The average molecular weight is 401 g/mol. The first-order valence-electron chi connectivity index (χ1n) is 8.84. The fraction of sp³-hybridized carbons (Fsp3) is 0.316. The van der Waals surface area contributed by atoms with Crippen molar-refractivity contribution in [2.75, 3.05) is 18.7 Å². The third-order valence-corrected chi connectivity index (χ3v) is 5.61. The van der Waals surface area contributed by atoms with Crippen LogP contribution in [0.25, 0.3) is 10.2 Å². The standard InChI is InChI=1S/C19H19N3O5S/c1-4-25-19(24)15-9(2)14-17(23)21-16(22-18(14)28-15)10(3)20-11-5-6-12-13(7-11)27-8-26-12/h5-7,10,20H,4,8H2,1-3H3,(H,21,22,23)/t10-/m1/s1. The first-order valence-corrected chi connectivity index (χ1v) is 9.66. The first kappa shape index (κ1) is 18.3. The molecule has 3 heterocycles. The van der Waals surface area contributed by atoms with Crippen LogP contribution in [0, 0.1) is 6.92 Å². The van der Waals surface area contributed by atoms with Crippen LogP contribution >= 0.6 is 11.3 Å². The van der Waals surface area contributed by atoms with Crippen LogP contribution in [0.5, 0.6) is 11.5 Å². The number of aromatic amines is 1. The van der Waals surface area contributed by atoms with Gasteiger partial charge in [0.1, 0.15) is 15.5 Å². The topological polar surface area (TPSA) is 103 Å². The van der Waals surface area contributed by atoms with E-state index in [1.54, 1.807) is 13.8 Å². The summed E-state index contributed by atoms with van der Waals surface area (Å²) < 4.78 is 15.8. The maximum absolute atomic E-state index is 12.6. The molecule has 0 saturated carbocycles. The number of carbonyl (C=O) groups excluding carboxylic acids is 1. The van der Waals surface area contributed by atoms with E-state index in [0.29, 0.717) is 38.0 Å². The molecule has 1 aliphatic rings. The number of rotatable bonds is 5. The molecule has 0 saturated heterocycles. The Hall–Kier alpha value is -3.07. The van der Waals surface area contributed by atoms with Gasteiger partial charge in [-0.25, -0.2) is 9.78 Å². The molecule has 2 N–H and O–H groups in total. The summed E-state index contributed by atoms with van der Waals surface area (Å²) in [5.74, 6) is 1.41. The number of ether oxygens (including phenoxy) is 3. The van der Waals surface area contributed by atoms with Gasteiger partial charge >= 0.3 is 5.97 Å². The van der Waals surface area contributed by atoms with Crippen molar-refractivity contribution in [2.24, 2.45) is 0 Å². The summed E-state index contributed by atoms with van der Waals surface area (Å²) in [5.41, 5.74) is 1.13. The number of hydrogen-bond acceptors (Lipinski definition) is 8. The van der Waals surface area contributed by atoms with Crippen molar-refractivity contribution in [1.29, 1.82) is 0 Å². The summed E-state index contributed by atoms with van der Waals surface area (Å²) in [6.45, 7) is 5.85. The minimum atomic E-state index is -0.435. The van der Waals surface area contributed by atoms with Crippen LogP contribution < -0.4 is 20.3 Å². The van der Waals surface area contributed by atoms with Gasteiger partial charge in [-0.05, 0) is 38.5 Å². The highest BCUT2D eigenvalue weighted by Crippen LogP contribution is 2.35. The highest BCUT2D eigenvalue weighted by atomic mass is 32.1. The summed E-state index contributed by atoms with van der Waals surface area (Å²) in [7, 11) is 0. The number of aromatic nitrogens is 2. The molecule has 0 aliphatic carbocycles. The molecule has 0 spiro atoms. The average Bonchev–Trinajstić information content (AvgIpc) is 3.26. The van der Waals surface area contributed by atoms with E-state index in [9.17, 15) is 9.59 Å². The number of aryl methyl sites for hydroxylation is 1. The van der Waals surface area contributed by atoms with Gasteiger partial charge in [0.2, 0.25) is 6.79 Å². The zero-order valence-electron chi connectivity index (χ0n) is 15.6. The van der Waals surface area contributed by atoms with E-state index in [0.717, 1.165) is 5.69 Å². The monoisotopic (exact) mass is 401 g/mol. The Balaban J connectivity index is 1.65. The molecule has 146 valence electrons. The highest BCUT2D eigenvalue weighted by Gasteiger charge is 2.21. The Kier molecular flexibility index (Phi) is 4.68. The summed E-state index contributed by atoms with van der Waals surface area (Å²) >= 11 is 1.17. The SMILES string of the molecule is CCOC(=O)c1sc2nc([C@@H](C)Nc3ccc4c(c3)OCO4)[nH]c(=O)c2c1C. The molecule has 1 atom stereocenters. The lowest BCUT2D eigenvalue weighted by Crippen LogP contribution is -2.17. The Labute approximate surface area is 164 Å². The minimum Gasteiger partial charge on any atom is -0.462 e. The molecule has 0 bridgehead atoms. The fourth-order valence-electron chi connectivity index (χ4n) is 3.06. The second-order valence-electron chi connectivity index (χ2n) is 6.34. The maximum atomic E-state index is 12.6. The molecule has 2 aromatic heterocycles. The number of carbonyl (C=O) groups is 1. The van der Waals surface area contributed by atoms with Gasteiger partial charge in [0.05, 0.1) is 18.0 Å².